The van der Waals surface area contributed by atoms with Crippen LogP contribution in [0.25, 0.3) is 5.69 Å². The molecule has 0 aliphatic carbocycles. The first-order valence-electron chi connectivity index (χ1n) is 9.13. The summed E-state index contributed by atoms with van der Waals surface area (Å²) < 4.78 is 20.5. The minimum Gasteiger partial charge on any atom is -0.464 e. The van der Waals surface area contributed by atoms with Crippen molar-refractivity contribution in [1.29, 1.82) is 0 Å². The van der Waals surface area contributed by atoms with E-state index in [0.717, 1.165) is 5.56 Å². The average molecular weight is 408 g/mol. The van der Waals surface area contributed by atoms with E-state index in [-0.39, 0.29) is 29.4 Å². The Morgan fingerprint density at radius 2 is 1.93 bits per heavy atom. The molecule has 4 rings (SSSR count). The molecule has 1 aromatic heterocycles. The van der Waals surface area contributed by atoms with Crippen molar-refractivity contribution in [2.45, 2.75) is 12.8 Å². The minimum atomic E-state index is -0.700. The minimum absolute atomic E-state index is 0.0321. The Hall–Kier alpha value is -4.01. The van der Waals surface area contributed by atoms with Gasteiger partial charge in [0.25, 0.3) is 5.91 Å². The second-order valence-electron chi connectivity index (χ2n) is 6.65. The lowest BCUT2D eigenvalue weighted by Gasteiger charge is -2.18. The maximum atomic E-state index is 14.5. The highest BCUT2D eigenvalue weighted by Crippen LogP contribution is 2.29. The Morgan fingerprint density at radius 1 is 1.17 bits per heavy atom. The predicted octanol–water partition coefficient (Wildman–Crippen LogP) is 2.94. The van der Waals surface area contributed by atoms with Crippen LogP contribution in [0.4, 0.5) is 15.8 Å². The number of anilines is 2. The van der Waals surface area contributed by atoms with Gasteiger partial charge in [0.2, 0.25) is 5.91 Å². The van der Waals surface area contributed by atoms with Crippen LogP contribution in [0.3, 0.4) is 0 Å². The molecule has 2 N–H and O–H groups in total. The Labute approximate surface area is 170 Å². The first kappa shape index (κ1) is 19.3. The molecule has 8 nitrogen and oxygen atoms in total. The van der Waals surface area contributed by atoms with Gasteiger partial charge in [-0.25, -0.2) is 13.9 Å². The summed E-state index contributed by atoms with van der Waals surface area (Å²) in [4.78, 5) is 36.3. The average Bonchev–Trinajstić information content (AvgIpc) is 3.20. The van der Waals surface area contributed by atoms with Gasteiger partial charge in [-0.3, -0.25) is 9.59 Å². The van der Waals surface area contributed by atoms with Gasteiger partial charge in [0.15, 0.2) is 5.69 Å². The van der Waals surface area contributed by atoms with E-state index in [1.165, 1.54) is 30.0 Å². The third kappa shape index (κ3) is 3.64. The van der Waals surface area contributed by atoms with Gasteiger partial charge in [-0.15, -0.1) is 0 Å². The van der Waals surface area contributed by atoms with Gasteiger partial charge in [-0.05, 0) is 36.2 Å². The van der Waals surface area contributed by atoms with Gasteiger partial charge in [0.05, 0.1) is 18.5 Å². The molecule has 2 aromatic carbocycles. The number of aromatic nitrogens is 2. The summed E-state index contributed by atoms with van der Waals surface area (Å²) in [6, 6.07) is 12.7. The van der Waals surface area contributed by atoms with Crippen LogP contribution in [0.1, 0.15) is 33.0 Å². The fourth-order valence-corrected chi connectivity index (χ4v) is 3.20. The lowest BCUT2D eigenvalue weighted by Crippen LogP contribution is -2.21. The van der Waals surface area contributed by atoms with Crippen LogP contribution in [0.5, 0.6) is 0 Å². The SMILES string of the molecule is COC(=O)c1cc(C(=O)Nc2cc3c(cc2F)NC(=O)CC3)n(-c2ccccc2)n1. The standard InChI is InChI=1S/C21H17FN4O4/c1-30-21(29)17-11-18(26(25-17)13-5-3-2-4-6-13)20(28)24-16-9-12-7-8-19(27)23-15(12)10-14(16)22/h2-6,9-11H,7-8H2,1H3,(H,23,27)(H,24,28). The lowest BCUT2D eigenvalue weighted by molar-refractivity contribution is -0.116. The number of para-hydroxylation sites is 1. The first-order chi connectivity index (χ1) is 14.5. The molecule has 0 bridgehead atoms. The fourth-order valence-electron chi connectivity index (χ4n) is 3.20. The normalized spacial score (nSPS) is 12.7. The molecule has 0 saturated heterocycles. The smallest absolute Gasteiger partial charge is 0.358 e. The van der Waals surface area contributed by atoms with Gasteiger partial charge in [-0.2, -0.15) is 5.10 Å². The van der Waals surface area contributed by atoms with Crippen LogP contribution in [-0.2, 0) is 16.0 Å². The highest BCUT2D eigenvalue weighted by atomic mass is 19.1. The molecule has 152 valence electrons. The lowest BCUT2D eigenvalue weighted by atomic mass is 10.0. The van der Waals surface area contributed by atoms with Crippen molar-refractivity contribution in [2.75, 3.05) is 17.7 Å². The predicted molar refractivity (Wildman–Crippen MR) is 106 cm³/mol. The van der Waals surface area contributed by atoms with Gasteiger partial charge in [0.1, 0.15) is 11.5 Å². The number of benzene rings is 2. The van der Waals surface area contributed by atoms with E-state index < -0.39 is 17.7 Å². The Morgan fingerprint density at radius 3 is 2.67 bits per heavy atom. The molecular weight excluding hydrogens is 391 g/mol. The summed E-state index contributed by atoms with van der Waals surface area (Å²) in [7, 11) is 1.21. The van der Waals surface area contributed by atoms with E-state index in [9.17, 15) is 18.8 Å². The Balaban J connectivity index is 1.69. The fraction of sp³-hybridized carbons (Fsp3) is 0.143. The summed E-state index contributed by atoms with van der Waals surface area (Å²) in [5.41, 5.74) is 1.61. The van der Waals surface area contributed by atoms with Crippen molar-refractivity contribution >= 4 is 29.2 Å². The van der Waals surface area contributed by atoms with Crippen molar-refractivity contribution in [3.8, 4) is 5.69 Å². The molecule has 0 fully saturated rings. The van der Waals surface area contributed by atoms with Crippen LogP contribution in [-0.4, -0.2) is 34.7 Å². The molecule has 0 radical (unpaired) electrons. The summed E-state index contributed by atoms with van der Waals surface area (Å²) in [5, 5.41) is 9.29. The Bertz CT molecular complexity index is 1160. The maximum absolute atomic E-state index is 14.5. The molecule has 9 heteroatoms. The zero-order valence-electron chi connectivity index (χ0n) is 15.9. The number of ether oxygens (including phenoxy) is 1. The van der Waals surface area contributed by atoms with E-state index in [1.54, 1.807) is 30.3 Å². The van der Waals surface area contributed by atoms with Gasteiger partial charge < -0.3 is 15.4 Å². The van der Waals surface area contributed by atoms with Crippen molar-refractivity contribution < 1.29 is 23.5 Å². The second kappa shape index (κ2) is 7.78. The number of halogens is 1. The molecule has 0 unspecified atom stereocenters. The third-order valence-corrected chi connectivity index (χ3v) is 4.67. The van der Waals surface area contributed by atoms with Gasteiger partial charge in [-0.1, -0.05) is 18.2 Å². The molecule has 2 amide bonds. The van der Waals surface area contributed by atoms with Crippen molar-refractivity contribution in [3.63, 3.8) is 0 Å². The number of carbonyl (C=O) groups is 3. The summed E-state index contributed by atoms with van der Waals surface area (Å²) in [6.45, 7) is 0. The second-order valence-corrected chi connectivity index (χ2v) is 6.65. The number of carbonyl (C=O) groups excluding carboxylic acids is 3. The van der Waals surface area contributed by atoms with Crippen molar-refractivity contribution in [3.05, 3.63) is 71.3 Å². The quantitative estimate of drug-likeness (QED) is 0.647. The first-order valence-corrected chi connectivity index (χ1v) is 9.13. The summed E-state index contributed by atoms with van der Waals surface area (Å²) >= 11 is 0. The van der Waals surface area contributed by atoms with E-state index in [1.807, 2.05) is 0 Å². The monoisotopic (exact) mass is 408 g/mol. The van der Waals surface area contributed by atoms with Crippen LogP contribution in [0.15, 0.2) is 48.5 Å². The number of aryl methyl sites for hydroxylation is 1. The number of hydrogen-bond donors (Lipinski definition) is 2. The molecular formula is C21H17FN4O4. The molecule has 30 heavy (non-hydrogen) atoms. The van der Waals surface area contributed by atoms with Crippen LogP contribution in [0.2, 0.25) is 0 Å². The number of fused-ring (bicyclic) bond motifs is 1. The topological polar surface area (TPSA) is 102 Å². The van der Waals surface area contributed by atoms with E-state index in [2.05, 4.69) is 20.5 Å². The molecule has 2 heterocycles. The highest BCUT2D eigenvalue weighted by Gasteiger charge is 2.23. The number of hydrogen-bond acceptors (Lipinski definition) is 5. The Kier molecular flexibility index (Phi) is 5.01. The van der Waals surface area contributed by atoms with Gasteiger partial charge in [0, 0.05) is 18.2 Å². The molecule has 1 aliphatic heterocycles. The summed E-state index contributed by atoms with van der Waals surface area (Å²) in [5.74, 6) is -2.22. The van der Waals surface area contributed by atoms with Crippen molar-refractivity contribution in [1.82, 2.24) is 9.78 Å². The molecule has 0 spiro atoms. The van der Waals surface area contributed by atoms with Crippen molar-refractivity contribution in [2.24, 2.45) is 0 Å². The maximum Gasteiger partial charge on any atom is 0.358 e. The number of esters is 1. The van der Waals surface area contributed by atoms with Crippen LogP contribution < -0.4 is 10.6 Å². The van der Waals surface area contributed by atoms with E-state index in [0.29, 0.717) is 17.8 Å². The molecule has 0 atom stereocenters. The van der Waals surface area contributed by atoms with E-state index >= 15 is 0 Å². The van der Waals surface area contributed by atoms with Crippen LogP contribution in [0, 0.1) is 5.82 Å². The zero-order valence-corrected chi connectivity index (χ0v) is 15.9. The largest absolute Gasteiger partial charge is 0.464 e. The molecule has 3 aromatic rings. The molecule has 0 saturated carbocycles. The van der Waals surface area contributed by atoms with Crippen LogP contribution >= 0.6 is 0 Å². The number of nitrogens with one attached hydrogen (secondary N) is 2. The highest BCUT2D eigenvalue weighted by molar-refractivity contribution is 6.05. The van der Waals surface area contributed by atoms with E-state index in [4.69, 9.17) is 0 Å². The van der Waals surface area contributed by atoms with Gasteiger partial charge >= 0.3 is 5.97 Å². The number of methoxy groups -OCH3 is 1. The zero-order chi connectivity index (χ0) is 21.3. The molecule has 1 aliphatic rings. The number of nitrogens with zero attached hydrogens (tertiary/aromatic N) is 2. The number of rotatable bonds is 4. The summed E-state index contributed by atoms with van der Waals surface area (Å²) in [6.07, 6.45) is 0.730. The third-order valence-electron chi connectivity index (χ3n) is 4.67. The number of amides is 2.